The maximum atomic E-state index is 12.4. The second-order valence-corrected chi connectivity index (χ2v) is 7.08. The van der Waals surface area contributed by atoms with Crippen LogP contribution in [0.3, 0.4) is 0 Å². The van der Waals surface area contributed by atoms with Crippen molar-refractivity contribution in [3.05, 3.63) is 84.9 Å². The van der Waals surface area contributed by atoms with Gasteiger partial charge in [-0.2, -0.15) is 5.43 Å². The average molecular weight is 462 g/mol. The molecule has 28 heavy (non-hydrogen) atoms. The van der Waals surface area contributed by atoms with Crippen LogP contribution in [0.15, 0.2) is 79.4 Å². The van der Waals surface area contributed by atoms with Gasteiger partial charge in [-0.1, -0.05) is 48.5 Å². The minimum atomic E-state index is -0.0506. The Morgan fingerprint density at radius 2 is 1.79 bits per heavy atom. The molecule has 0 saturated heterocycles. The van der Waals surface area contributed by atoms with Gasteiger partial charge in [0.25, 0.3) is 0 Å². The Morgan fingerprint density at radius 1 is 1.11 bits per heavy atom. The molecule has 1 aromatic heterocycles. The molecule has 0 unspecified atom stereocenters. The standard InChI is InChI=1S/C20H23N5OS.BrH/c1-23-12-13-24(17-23)16-21-25(19-10-6-3-7-11-19)22-20(26)15-27-14-18-8-4-2-5-9-18;/h2-13,17,21H,14-16H2,1H3;1H. The maximum Gasteiger partial charge on any atom is 0.249 e. The SMILES string of the molecule is C[n+]1ccn(CNN(NC(=O)CSCc2ccccc2)c2ccccc2)c1.[Br-]. The number of nitrogens with zero attached hydrogens (tertiary/aromatic N) is 3. The van der Waals surface area contributed by atoms with Crippen LogP contribution < -0.4 is 37.5 Å². The molecule has 8 heteroatoms. The van der Waals surface area contributed by atoms with Gasteiger partial charge < -0.3 is 17.0 Å². The largest absolute Gasteiger partial charge is 1.00 e. The van der Waals surface area contributed by atoms with E-state index in [1.807, 2.05) is 83.4 Å². The fraction of sp³-hybridized carbons (Fsp3) is 0.200. The summed E-state index contributed by atoms with van der Waals surface area (Å²) in [6.07, 6.45) is 5.90. The Kier molecular flexibility index (Phi) is 9.06. The number of hydrogen-bond donors (Lipinski definition) is 2. The van der Waals surface area contributed by atoms with Gasteiger partial charge in [0.15, 0.2) is 6.67 Å². The highest BCUT2D eigenvalue weighted by molar-refractivity contribution is 7.99. The number of hydrazine groups is 2. The first kappa shape index (κ1) is 22.0. The van der Waals surface area contributed by atoms with Crippen molar-refractivity contribution in [3.63, 3.8) is 0 Å². The van der Waals surface area contributed by atoms with Crippen LogP contribution in [0.1, 0.15) is 5.56 Å². The quantitative estimate of drug-likeness (QED) is 0.325. The number of aryl methyl sites for hydroxylation is 1. The van der Waals surface area contributed by atoms with Crippen molar-refractivity contribution in [2.75, 3.05) is 10.9 Å². The van der Waals surface area contributed by atoms with Crippen LogP contribution >= 0.6 is 11.8 Å². The number of carbonyl (C=O) groups excluding carboxylic acids is 1. The lowest BCUT2D eigenvalue weighted by molar-refractivity contribution is -0.671. The third-order valence-corrected chi connectivity index (χ3v) is 4.83. The maximum absolute atomic E-state index is 12.4. The van der Waals surface area contributed by atoms with E-state index in [-0.39, 0.29) is 22.9 Å². The van der Waals surface area contributed by atoms with Crippen molar-refractivity contribution in [2.45, 2.75) is 12.4 Å². The summed E-state index contributed by atoms with van der Waals surface area (Å²) in [7, 11) is 1.97. The molecule has 0 fully saturated rings. The van der Waals surface area contributed by atoms with Crippen LogP contribution in [-0.2, 0) is 24.3 Å². The lowest BCUT2D eigenvalue weighted by Gasteiger charge is -2.25. The van der Waals surface area contributed by atoms with Gasteiger partial charge in [-0.3, -0.25) is 10.2 Å². The van der Waals surface area contributed by atoms with Crippen molar-refractivity contribution >= 4 is 23.4 Å². The molecule has 1 amide bonds. The van der Waals surface area contributed by atoms with Crippen LogP contribution in [0, 0.1) is 0 Å². The predicted molar refractivity (Wildman–Crippen MR) is 108 cm³/mol. The van der Waals surface area contributed by atoms with Gasteiger partial charge in [0.05, 0.1) is 18.5 Å². The third-order valence-electron chi connectivity index (χ3n) is 3.83. The van der Waals surface area contributed by atoms with Crippen molar-refractivity contribution in [1.29, 1.82) is 0 Å². The summed E-state index contributed by atoms with van der Waals surface area (Å²) in [6.45, 7) is 0.535. The Balaban J connectivity index is 0.00000280. The molecule has 0 bridgehead atoms. The highest BCUT2D eigenvalue weighted by Gasteiger charge is 2.11. The molecule has 0 radical (unpaired) electrons. The molecule has 148 valence electrons. The average Bonchev–Trinajstić information content (AvgIpc) is 3.12. The number of nitrogens with one attached hydrogen (secondary N) is 2. The summed E-state index contributed by atoms with van der Waals surface area (Å²) in [5, 5.41) is 1.67. The number of benzene rings is 2. The van der Waals surface area contributed by atoms with E-state index in [1.165, 1.54) is 5.56 Å². The summed E-state index contributed by atoms with van der Waals surface area (Å²) in [4.78, 5) is 12.4. The number of para-hydroxylation sites is 1. The number of imidazole rings is 1. The van der Waals surface area contributed by atoms with Crippen molar-refractivity contribution < 1.29 is 26.3 Å². The van der Waals surface area contributed by atoms with Crippen LogP contribution in [0.25, 0.3) is 0 Å². The van der Waals surface area contributed by atoms with E-state index in [9.17, 15) is 4.79 Å². The molecular weight excluding hydrogens is 438 g/mol. The van der Waals surface area contributed by atoms with Crippen molar-refractivity contribution in [3.8, 4) is 0 Å². The van der Waals surface area contributed by atoms with E-state index in [0.717, 1.165) is 11.4 Å². The normalized spacial score (nSPS) is 10.2. The highest BCUT2D eigenvalue weighted by atomic mass is 79.9. The minimum Gasteiger partial charge on any atom is -1.00 e. The van der Waals surface area contributed by atoms with Gasteiger partial charge in [-0.05, 0) is 17.7 Å². The zero-order chi connectivity index (χ0) is 18.9. The number of thioether (sulfide) groups is 1. The molecule has 0 aliphatic heterocycles. The second kappa shape index (κ2) is 11.5. The molecule has 1 heterocycles. The number of halogens is 1. The number of rotatable bonds is 9. The Morgan fingerprint density at radius 3 is 2.43 bits per heavy atom. The number of anilines is 1. The lowest BCUT2D eigenvalue weighted by atomic mass is 10.2. The van der Waals surface area contributed by atoms with Gasteiger partial charge >= 0.3 is 0 Å². The van der Waals surface area contributed by atoms with Gasteiger partial charge in [0, 0.05) is 5.75 Å². The number of amides is 1. The number of carbonyl (C=O) groups is 1. The van der Waals surface area contributed by atoms with E-state index in [2.05, 4.69) is 23.0 Å². The van der Waals surface area contributed by atoms with Crippen LogP contribution in [0.5, 0.6) is 0 Å². The molecule has 0 saturated carbocycles. The molecule has 3 rings (SSSR count). The van der Waals surface area contributed by atoms with E-state index < -0.39 is 0 Å². The summed E-state index contributed by atoms with van der Waals surface area (Å²) >= 11 is 1.59. The molecule has 2 N–H and O–H groups in total. The molecular formula is C20H24BrN5OS. The zero-order valence-electron chi connectivity index (χ0n) is 15.7. The summed E-state index contributed by atoms with van der Waals surface area (Å²) in [5.74, 6) is 1.15. The van der Waals surface area contributed by atoms with Crippen molar-refractivity contribution in [1.82, 2.24) is 15.4 Å². The van der Waals surface area contributed by atoms with Crippen LogP contribution in [0.2, 0.25) is 0 Å². The summed E-state index contributed by atoms with van der Waals surface area (Å²) in [6, 6.07) is 19.9. The van der Waals surface area contributed by atoms with Gasteiger partial charge in [0.2, 0.25) is 12.2 Å². The predicted octanol–water partition coefficient (Wildman–Crippen LogP) is -0.750. The minimum absolute atomic E-state index is 0. The smallest absolute Gasteiger partial charge is 0.249 e. The topological polar surface area (TPSA) is 53.2 Å². The molecule has 3 aromatic rings. The lowest BCUT2D eigenvalue weighted by Crippen LogP contribution is -3.00. The van der Waals surface area contributed by atoms with Gasteiger partial charge in [-0.25, -0.2) is 14.3 Å². The second-order valence-electron chi connectivity index (χ2n) is 6.09. The monoisotopic (exact) mass is 461 g/mol. The first-order valence-corrected chi connectivity index (χ1v) is 9.87. The van der Waals surface area contributed by atoms with E-state index in [0.29, 0.717) is 12.4 Å². The Hall–Kier alpha value is -2.29. The number of hydrogen-bond acceptors (Lipinski definition) is 4. The van der Waals surface area contributed by atoms with E-state index in [1.54, 1.807) is 16.9 Å². The molecule has 6 nitrogen and oxygen atoms in total. The zero-order valence-corrected chi connectivity index (χ0v) is 18.1. The first-order valence-electron chi connectivity index (χ1n) is 8.71. The molecule has 0 aliphatic carbocycles. The first-order chi connectivity index (χ1) is 13.2. The third kappa shape index (κ3) is 7.03. The fourth-order valence-electron chi connectivity index (χ4n) is 2.51. The number of aromatic nitrogens is 2. The Labute approximate surface area is 180 Å². The van der Waals surface area contributed by atoms with E-state index >= 15 is 0 Å². The van der Waals surface area contributed by atoms with Crippen molar-refractivity contribution in [2.24, 2.45) is 7.05 Å². The van der Waals surface area contributed by atoms with Crippen LogP contribution in [-0.4, -0.2) is 16.2 Å². The fourth-order valence-corrected chi connectivity index (χ4v) is 3.29. The molecule has 0 aliphatic rings. The van der Waals surface area contributed by atoms with Gasteiger partial charge in [0.1, 0.15) is 12.4 Å². The molecule has 2 aromatic carbocycles. The Bertz CT molecular complexity index is 844. The van der Waals surface area contributed by atoms with E-state index in [4.69, 9.17) is 0 Å². The highest BCUT2D eigenvalue weighted by Crippen LogP contribution is 2.12. The summed E-state index contributed by atoms with van der Waals surface area (Å²) in [5.41, 5.74) is 8.27. The van der Waals surface area contributed by atoms with Gasteiger partial charge in [-0.15, -0.1) is 11.8 Å². The molecule has 0 atom stereocenters. The van der Waals surface area contributed by atoms with Crippen LogP contribution in [0.4, 0.5) is 5.69 Å². The summed E-state index contributed by atoms with van der Waals surface area (Å²) < 4.78 is 3.96. The molecule has 0 spiro atoms.